The number of nitrogens with two attached hydrogens (primary N) is 4. The average molecular weight is 1450 g/mol. The molecular formula is C61H97N17O18S3. The van der Waals surface area contributed by atoms with Crippen LogP contribution in [-0.2, 0) is 83.1 Å². The Morgan fingerprint density at radius 3 is 1.96 bits per heavy atom. The van der Waals surface area contributed by atoms with Crippen molar-refractivity contribution in [1.29, 1.82) is 0 Å². The summed E-state index contributed by atoms with van der Waals surface area (Å²) < 4.78 is 0. The van der Waals surface area contributed by atoms with Crippen LogP contribution in [0.3, 0.4) is 0 Å². The molecule has 2 aliphatic heterocycles. The second kappa shape index (κ2) is 43.8. The van der Waals surface area contributed by atoms with Crippen LogP contribution in [0.25, 0.3) is 0 Å². The molecule has 1 aromatic carbocycles. The molecule has 11 atom stereocenters. The van der Waals surface area contributed by atoms with Crippen molar-refractivity contribution in [3.8, 4) is 5.75 Å². The zero-order valence-electron chi connectivity index (χ0n) is 56.4. The summed E-state index contributed by atoms with van der Waals surface area (Å²) in [5.74, 6) is -16.1. The molecule has 35 nitrogen and oxygen atoms in total. The molecule has 38 heteroatoms. The second-order valence-electron chi connectivity index (χ2n) is 24.4. The molecule has 0 bridgehead atoms. The summed E-state index contributed by atoms with van der Waals surface area (Å²) in [6.07, 6.45) is -1.43. The van der Waals surface area contributed by atoms with Crippen molar-refractivity contribution in [3.63, 3.8) is 0 Å². The second-order valence-corrected chi connectivity index (χ2v) is 27.5. The van der Waals surface area contributed by atoms with Crippen molar-refractivity contribution in [2.24, 2.45) is 34.8 Å². The van der Waals surface area contributed by atoms with Gasteiger partial charge in [0.05, 0.1) is 36.3 Å². The molecule has 21 N–H and O–H groups in total. The third kappa shape index (κ3) is 31.5. The van der Waals surface area contributed by atoms with E-state index in [1.54, 1.807) is 41.8 Å². The van der Waals surface area contributed by atoms with E-state index in [2.05, 4.69) is 58.5 Å². The number of amides is 15. The lowest BCUT2D eigenvalue weighted by Crippen LogP contribution is -2.61. The van der Waals surface area contributed by atoms with Crippen LogP contribution in [0, 0.1) is 11.8 Å². The van der Waals surface area contributed by atoms with Crippen molar-refractivity contribution in [2.75, 3.05) is 81.3 Å². The van der Waals surface area contributed by atoms with Crippen molar-refractivity contribution in [1.82, 2.24) is 68.3 Å². The predicted molar refractivity (Wildman–Crippen MR) is 367 cm³/mol. The van der Waals surface area contributed by atoms with E-state index in [4.69, 9.17) is 28.0 Å². The number of phenolic OH excluding ortho intramolecular Hbond substituents is 1. The highest BCUT2D eigenvalue weighted by Crippen LogP contribution is 2.22. The number of likely N-dealkylation sites (tertiary alicyclic amines) is 1. The highest BCUT2D eigenvalue weighted by atomic mass is 32.2. The van der Waals surface area contributed by atoms with E-state index in [0.717, 1.165) is 40.2 Å². The number of hydrogen-bond donors (Lipinski definition) is 17. The topological polar surface area (TPSA) is 556 Å². The number of rotatable bonds is 27. The minimum atomic E-state index is -1.91. The van der Waals surface area contributed by atoms with Gasteiger partial charge in [0.2, 0.25) is 88.6 Å². The normalized spacial score (nSPS) is 22.6. The molecule has 0 aliphatic carbocycles. The van der Waals surface area contributed by atoms with Gasteiger partial charge in [0.15, 0.2) is 0 Å². The van der Waals surface area contributed by atoms with E-state index in [1.807, 2.05) is 0 Å². The zero-order valence-corrected chi connectivity index (χ0v) is 58.9. The molecule has 0 aromatic heterocycles. The Balaban J connectivity index is 2.12. The Kier molecular flexibility index (Phi) is 37.5. The number of aliphatic carboxylic acids is 1. The van der Waals surface area contributed by atoms with Crippen LogP contribution in [0.1, 0.15) is 91.0 Å². The van der Waals surface area contributed by atoms with E-state index in [0.29, 0.717) is 5.56 Å². The highest BCUT2D eigenvalue weighted by Gasteiger charge is 2.41. The van der Waals surface area contributed by atoms with Crippen molar-refractivity contribution >= 4 is 130 Å². The minimum absolute atomic E-state index is 0.0317. The van der Waals surface area contributed by atoms with E-state index >= 15 is 0 Å². The summed E-state index contributed by atoms with van der Waals surface area (Å²) in [4.78, 5) is 218. The lowest BCUT2D eigenvalue weighted by atomic mass is 9.96. The molecule has 99 heavy (non-hydrogen) atoms. The molecule has 1 aromatic rings. The van der Waals surface area contributed by atoms with Gasteiger partial charge in [-0.2, -0.15) is 0 Å². The highest BCUT2D eigenvalue weighted by molar-refractivity contribution is 8.00. The molecule has 0 saturated carbocycles. The number of thioether (sulfide) groups is 3. The van der Waals surface area contributed by atoms with Crippen LogP contribution in [-0.4, -0.2) is 256 Å². The van der Waals surface area contributed by atoms with Gasteiger partial charge in [-0.15, -0.1) is 35.3 Å². The SMILES string of the molecule is CC[C@H](C)[C@@H]1NC(=O)[C@H](Cc2ccc(O)cc2)NC(=O)[C@@H](N(C)C)CSCC(=O)N[C@@H](C(=O)NCCNC(=O)CSC[C@H](N)C(=O)O)CCCNC(=O)CSC[C@@H](C(=O)N2CCC[C@H]2C(=O)N[C@@H](CC(C)C)C(=O)NCC(N)=O)NC(=O)[C@H](CC(N)=O)NC(=O)[C@H](CCC(N)=O)NC1=O. The number of aromatic hydroxyl groups is 1. The number of nitrogens with one attached hydrogen (secondary N) is 11. The Hall–Kier alpha value is -8.49. The maximum Gasteiger partial charge on any atom is 0.321 e. The van der Waals surface area contributed by atoms with Crippen LogP contribution >= 0.6 is 35.3 Å². The van der Waals surface area contributed by atoms with Crippen molar-refractivity contribution in [2.45, 2.75) is 152 Å². The number of phenols is 1. The number of likely N-dealkylation sites (N-methyl/N-ethyl adjacent to an activating group) is 1. The van der Waals surface area contributed by atoms with Crippen LogP contribution in [0.5, 0.6) is 5.75 Å². The molecule has 15 amide bonds. The predicted octanol–water partition coefficient (Wildman–Crippen LogP) is -6.16. The number of carbonyl (C=O) groups excluding carboxylic acids is 15. The van der Waals surface area contributed by atoms with Crippen LogP contribution < -0.4 is 81.4 Å². The quantitative estimate of drug-likeness (QED) is 0.0365. The third-order valence-corrected chi connectivity index (χ3v) is 18.7. The fourth-order valence-electron chi connectivity index (χ4n) is 10.0. The molecule has 2 aliphatic rings. The smallest absolute Gasteiger partial charge is 0.321 e. The molecule has 3 rings (SSSR count). The van der Waals surface area contributed by atoms with Crippen molar-refractivity contribution < 1.29 is 86.9 Å². The van der Waals surface area contributed by atoms with Crippen LogP contribution in [0.4, 0.5) is 0 Å². The number of hydrogen-bond acceptors (Lipinski definition) is 22. The van der Waals surface area contributed by atoms with Crippen LogP contribution in [0.2, 0.25) is 0 Å². The van der Waals surface area contributed by atoms with E-state index in [1.165, 1.54) is 29.2 Å². The number of carboxylic acids is 1. The van der Waals surface area contributed by atoms with Gasteiger partial charge in [0, 0.05) is 56.3 Å². The van der Waals surface area contributed by atoms with Gasteiger partial charge in [0.25, 0.3) is 0 Å². The summed E-state index contributed by atoms with van der Waals surface area (Å²) in [6, 6.07) is -8.31. The number of nitrogens with zero attached hydrogens (tertiary/aromatic N) is 2. The summed E-state index contributed by atoms with van der Waals surface area (Å²) in [7, 11) is 3.16. The van der Waals surface area contributed by atoms with Crippen LogP contribution in [0.15, 0.2) is 24.3 Å². The zero-order chi connectivity index (χ0) is 74.1. The summed E-state index contributed by atoms with van der Waals surface area (Å²) in [6.45, 7) is 6.04. The van der Waals surface area contributed by atoms with Gasteiger partial charge in [-0.05, 0) is 82.2 Å². The number of carboxylic acid groups (broad SMARTS) is 1. The molecule has 0 unspecified atom stereocenters. The van der Waals surface area contributed by atoms with Gasteiger partial charge in [-0.1, -0.05) is 46.2 Å². The Morgan fingerprint density at radius 2 is 1.33 bits per heavy atom. The summed E-state index contributed by atoms with van der Waals surface area (Å²) in [5.41, 5.74) is 22.3. The van der Waals surface area contributed by atoms with E-state index in [-0.39, 0.29) is 112 Å². The summed E-state index contributed by atoms with van der Waals surface area (Å²) >= 11 is 2.84. The van der Waals surface area contributed by atoms with Gasteiger partial charge >= 0.3 is 5.97 Å². The monoisotopic (exact) mass is 1450 g/mol. The molecule has 2 fully saturated rings. The standard InChI is InChI=1S/C61H97N17O18S3/c1-7-33(4)51-59(93)71-38(16-17-45(63)80)54(88)72-41(24-46(64)81)55(89)75-42(60(94)78-21-9-11-43(78)57(91)73-39(22-32(2)3)53(87)69-25-47(65)82)27-98-30-48(83)66-18-8-10-37(52(86)68-20-19-67-49(84)29-97-26-36(62)61(95)96)70-50(85)31-99-28-44(77(5)6)58(92)74-40(56(90)76-51)23-34-12-14-35(79)15-13-34/h12-15,32-33,36-44,51,79H,7-11,16-31,62H2,1-6H3,(H2,63,80)(H2,64,81)(H2,65,82)(H,66,83)(H,67,84)(H,68,86)(H,69,87)(H,70,85)(H,71,93)(H,72,88)(H,73,91)(H,74,92)(H,75,89)(H,76,90)(H,95,96)/t33-,36-,37+,38-,39-,40-,41-,42-,43-,44-,51-/m0/s1. The first-order valence-corrected chi connectivity index (χ1v) is 35.7. The van der Waals surface area contributed by atoms with E-state index < -0.39 is 192 Å². The molecular weight excluding hydrogens is 1350 g/mol. The number of carbonyl (C=O) groups is 16. The molecule has 552 valence electrons. The first-order chi connectivity index (χ1) is 46.7. The Morgan fingerprint density at radius 1 is 0.707 bits per heavy atom. The third-order valence-electron chi connectivity index (χ3n) is 15.6. The minimum Gasteiger partial charge on any atom is -0.508 e. The lowest BCUT2D eigenvalue weighted by molar-refractivity contribution is -0.142. The molecule has 0 spiro atoms. The van der Waals surface area contributed by atoms with E-state index in [9.17, 15) is 81.8 Å². The fourth-order valence-corrected chi connectivity index (χ4v) is 12.7. The first kappa shape index (κ1) is 84.7. The molecule has 2 heterocycles. The van der Waals surface area contributed by atoms with Gasteiger partial charge < -0.3 is 96.5 Å². The Labute approximate surface area is 586 Å². The maximum absolute atomic E-state index is 14.8. The molecule has 2 saturated heterocycles. The average Bonchev–Trinajstić information content (AvgIpc) is 1.76. The molecule has 0 radical (unpaired) electrons. The first-order valence-electron chi connectivity index (χ1n) is 32.2. The van der Waals surface area contributed by atoms with Gasteiger partial charge in [-0.3, -0.25) is 81.6 Å². The number of primary amides is 3. The maximum atomic E-state index is 14.8. The Bertz CT molecular complexity index is 3010. The number of benzene rings is 1. The van der Waals surface area contributed by atoms with Crippen molar-refractivity contribution in [3.05, 3.63) is 29.8 Å². The summed E-state index contributed by atoms with van der Waals surface area (Å²) in [5, 5.41) is 47.6. The fraction of sp³-hybridized carbons (Fsp3) is 0.639. The largest absolute Gasteiger partial charge is 0.508 e. The lowest BCUT2D eigenvalue weighted by Gasteiger charge is -2.31. The van der Waals surface area contributed by atoms with Gasteiger partial charge in [0.1, 0.15) is 60.1 Å². The van der Waals surface area contributed by atoms with Gasteiger partial charge in [-0.25, -0.2) is 0 Å².